The third-order valence-corrected chi connectivity index (χ3v) is 4.01. The second kappa shape index (κ2) is 20.4. The molecule has 216 valence electrons. The van der Waals surface area contributed by atoms with Crippen molar-refractivity contribution in [1.82, 2.24) is 0 Å². The van der Waals surface area contributed by atoms with Crippen molar-refractivity contribution < 1.29 is 75.6 Å². The van der Waals surface area contributed by atoms with Crippen molar-refractivity contribution >= 4 is 11.9 Å². The molecule has 0 amide bonds. The van der Waals surface area contributed by atoms with Crippen molar-refractivity contribution in [2.45, 2.75) is 140 Å². The predicted octanol–water partition coefficient (Wildman–Crippen LogP) is 5.05. The Morgan fingerprint density at radius 2 is 1.13 bits per heavy atom. The van der Waals surface area contributed by atoms with E-state index in [1.165, 1.54) is 11.1 Å². The molecule has 0 saturated heterocycles. The second-order valence-electron chi connectivity index (χ2n) is 13.0. The number of rotatable bonds is 7. The number of carbonyl (C=O) groups is 2. The molecular formula is C32H57KO5. The number of ether oxygens (including phenoxy) is 2. The summed E-state index contributed by atoms with van der Waals surface area (Å²) in [7, 11) is 0. The Labute approximate surface area is 278 Å². The van der Waals surface area contributed by atoms with Crippen LogP contribution in [-0.4, -0.2) is 28.7 Å². The minimum Gasteiger partial charge on any atom is -0.850 e. The SMILES string of the molecule is C=C(C)C(CC=C(C)C)C(=O)OC(C)(C)C.CC(C)(C)[O-].CC(C)=CCC(C(=O)OC(C)(C)C)=C(C)C.[K+]. The van der Waals surface area contributed by atoms with E-state index in [1.807, 2.05) is 102 Å². The Hall–Kier alpha value is -0.504. The largest absolute Gasteiger partial charge is 1.00 e. The maximum absolute atomic E-state index is 11.9. The van der Waals surface area contributed by atoms with E-state index in [0.717, 1.165) is 16.7 Å². The van der Waals surface area contributed by atoms with E-state index in [9.17, 15) is 14.7 Å². The molecule has 0 radical (unpaired) electrons. The van der Waals surface area contributed by atoms with Crippen LogP contribution in [0.5, 0.6) is 0 Å². The van der Waals surface area contributed by atoms with Gasteiger partial charge in [0, 0.05) is 5.57 Å². The van der Waals surface area contributed by atoms with E-state index in [0.29, 0.717) is 12.8 Å². The molecule has 1 unspecified atom stereocenters. The zero-order valence-electron chi connectivity index (χ0n) is 27.9. The van der Waals surface area contributed by atoms with Crippen LogP contribution in [0.2, 0.25) is 0 Å². The van der Waals surface area contributed by atoms with Gasteiger partial charge in [-0.25, -0.2) is 4.79 Å². The zero-order chi connectivity index (χ0) is 30.4. The molecule has 0 saturated carbocycles. The Kier molecular flexibility index (Phi) is 23.9. The third-order valence-electron chi connectivity index (χ3n) is 4.01. The average Bonchev–Trinajstić information content (AvgIpc) is 2.56. The van der Waals surface area contributed by atoms with Gasteiger partial charge in [0.1, 0.15) is 11.2 Å². The smallest absolute Gasteiger partial charge is 0.850 e. The molecule has 6 heteroatoms. The van der Waals surface area contributed by atoms with Crippen LogP contribution in [0.15, 0.2) is 46.6 Å². The number of hydrogen-bond acceptors (Lipinski definition) is 5. The molecule has 38 heavy (non-hydrogen) atoms. The van der Waals surface area contributed by atoms with Gasteiger partial charge in [0.05, 0.1) is 5.92 Å². The van der Waals surface area contributed by atoms with Crippen molar-refractivity contribution in [3.05, 3.63) is 46.6 Å². The van der Waals surface area contributed by atoms with Gasteiger partial charge in [-0.3, -0.25) is 4.79 Å². The molecule has 0 spiro atoms. The average molecular weight is 561 g/mol. The molecule has 0 aliphatic heterocycles. The van der Waals surface area contributed by atoms with E-state index in [-0.39, 0.29) is 69.2 Å². The van der Waals surface area contributed by atoms with Gasteiger partial charge >= 0.3 is 63.3 Å². The molecule has 0 aromatic carbocycles. The van der Waals surface area contributed by atoms with Crippen molar-refractivity contribution in [2.75, 3.05) is 0 Å². The van der Waals surface area contributed by atoms with Crippen molar-refractivity contribution in [3.63, 3.8) is 0 Å². The van der Waals surface area contributed by atoms with E-state index < -0.39 is 16.8 Å². The maximum atomic E-state index is 11.9. The fraction of sp³-hybridized carbons (Fsp3) is 0.688. The molecule has 0 bridgehead atoms. The molecule has 1 atom stereocenters. The standard InChI is InChI=1S/2C14H24O2.C4H9O.K/c2*1-10(2)8-9-12(11(3)4)13(15)16-14(5,6)7;1-4(2,3)5;/h8H,9H2,1-7H3;8,12H,3,9H2,1-2,4-7H3;1-3H3;/q;;-1;+1. The Morgan fingerprint density at radius 3 is 1.39 bits per heavy atom. The van der Waals surface area contributed by atoms with Gasteiger partial charge in [-0.1, -0.05) is 61.8 Å². The van der Waals surface area contributed by atoms with Gasteiger partial charge in [-0.2, -0.15) is 0 Å². The summed E-state index contributed by atoms with van der Waals surface area (Å²) in [6, 6.07) is 0. The van der Waals surface area contributed by atoms with Crippen LogP contribution < -0.4 is 56.5 Å². The van der Waals surface area contributed by atoms with Crippen LogP contribution in [-0.2, 0) is 19.1 Å². The molecule has 0 rings (SSSR count). The molecule has 0 heterocycles. The molecule has 0 aromatic rings. The van der Waals surface area contributed by atoms with Crippen LogP contribution in [0.25, 0.3) is 0 Å². The fourth-order valence-electron chi connectivity index (χ4n) is 2.36. The number of allylic oxidation sites excluding steroid dienone is 5. The van der Waals surface area contributed by atoms with E-state index in [1.54, 1.807) is 20.8 Å². The topological polar surface area (TPSA) is 75.7 Å². The van der Waals surface area contributed by atoms with Crippen LogP contribution in [0.4, 0.5) is 0 Å². The molecule has 0 aromatic heterocycles. The predicted molar refractivity (Wildman–Crippen MR) is 156 cm³/mol. The van der Waals surface area contributed by atoms with E-state index >= 15 is 0 Å². The number of esters is 2. The molecule has 0 fully saturated rings. The van der Waals surface area contributed by atoms with Crippen LogP contribution in [0, 0.1) is 5.92 Å². The van der Waals surface area contributed by atoms with Gasteiger partial charge < -0.3 is 14.6 Å². The summed E-state index contributed by atoms with van der Waals surface area (Å²) < 4.78 is 10.7. The van der Waals surface area contributed by atoms with E-state index in [4.69, 9.17) is 9.47 Å². The van der Waals surface area contributed by atoms with Gasteiger partial charge in [-0.15, -0.1) is 5.60 Å². The summed E-state index contributed by atoms with van der Waals surface area (Å²) in [5, 5.41) is 10.1. The normalized spacial score (nSPS) is 11.5. The summed E-state index contributed by atoms with van der Waals surface area (Å²) in [5.74, 6) is -0.614. The van der Waals surface area contributed by atoms with Crippen LogP contribution in [0.1, 0.15) is 124 Å². The monoisotopic (exact) mass is 560 g/mol. The summed E-state index contributed by atoms with van der Waals surface area (Å²) in [5.41, 5.74) is 3.44. The summed E-state index contributed by atoms with van der Waals surface area (Å²) in [6.07, 6.45) is 5.42. The summed E-state index contributed by atoms with van der Waals surface area (Å²) in [6.45, 7) is 33.9. The molecular weight excluding hydrogens is 503 g/mol. The first-order valence-electron chi connectivity index (χ1n) is 13.0. The van der Waals surface area contributed by atoms with Crippen molar-refractivity contribution in [3.8, 4) is 0 Å². The molecule has 0 aliphatic carbocycles. The summed E-state index contributed by atoms with van der Waals surface area (Å²) >= 11 is 0. The maximum Gasteiger partial charge on any atom is 1.00 e. The van der Waals surface area contributed by atoms with Gasteiger partial charge in [-0.05, 0) is 103 Å². The van der Waals surface area contributed by atoms with E-state index in [2.05, 4.69) is 6.58 Å². The van der Waals surface area contributed by atoms with Gasteiger partial charge in [0.25, 0.3) is 0 Å². The van der Waals surface area contributed by atoms with Gasteiger partial charge in [0.15, 0.2) is 0 Å². The zero-order valence-corrected chi connectivity index (χ0v) is 31.0. The third kappa shape index (κ3) is 33.5. The molecule has 5 nitrogen and oxygen atoms in total. The Balaban J connectivity index is -0.000000252. The minimum absolute atomic E-state index is 0. The quantitative estimate of drug-likeness (QED) is 0.189. The second-order valence-corrected chi connectivity index (χ2v) is 13.0. The van der Waals surface area contributed by atoms with Crippen molar-refractivity contribution in [1.29, 1.82) is 0 Å². The number of carbonyl (C=O) groups excluding carboxylic acids is 2. The Morgan fingerprint density at radius 1 is 0.763 bits per heavy atom. The molecule has 0 aliphatic rings. The molecule has 0 N–H and O–H groups in total. The minimum atomic E-state index is -0.750. The first-order chi connectivity index (χ1) is 16.3. The van der Waals surface area contributed by atoms with Crippen molar-refractivity contribution in [2.24, 2.45) is 5.92 Å². The first-order valence-corrected chi connectivity index (χ1v) is 13.0. The Bertz CT molecular complexity index is 807. The first kappa shape index (κ1) is 44.5. The van der Waals surface area contributed by atoms with Crippen LogP contribution in [0.3, 0.4) is 0 Å². The van der Waals surface area contributed by atoms with Gasteiger partial charge in [0.2, 0.25) is 0 Å². The summed E-state index contributed by atoms with van der Waals surface area (Å²) in [4.78, 5) is 23.8. The fourth-order valence-corrected chi connectivity index (χ4v) is 2.36. The van der Waals surface area contributed by atoms with Crippen LogP contribution >= 0.6 is 0 Å². The number of hydrogen-bond donors (Lipinski definition) is 0.